The van der Waals surface area contributed by atoms with Gasteiger partial charge in [-0.05, 0) is 29.7 Å². The average molecular weight is 355 g/mol. The van der Waals surface area contributed by atoms with Gasteiger partial charge in [0.05, 0.1) is 17.7 Å². The van der Waals surface area contributed by atoms with Crippen LogP contribution in [0.4, 0.5) is 4.39 Å². The summed E-state index contributed by atoms with van der Waals surface area (Å²) in [5, 5.41) is 17.6. The smallest absolute Gasteiger partial charge is 0.264 e. The molecule has 0 saturated heterocycles. The zero-order chi connectivity index (χ0) is 18.5. The van der Waals surface area contributed by atoms with Crippen molar-refractivity contribution in [3.8, 4) is 0 Å². The molecule has 134 valence electrons. The molecule has 0 aromatic heterocycles. The van der Waals surface area contributed by atoms with Crippen LogP contribution in [0.1, 0.15) is 17.5 Å². The van der Waals surface area contributed by atoms with Gasteiger partial charge in [-0.3, -0.25) is 4.79 Å². The number of carbonyl (C=O) groups excluding carboxylic acids is 2. The monoisotopic (exact) mass is 355 g/mol. The van der Waals surface area contributed by atoms with Gasteiger partial charge in [0.1, 0.15) is 5.82 Å². The molecule has 1 aliphatic heterocycles. The normalized spacial score (nSPS) is 17.1. The minimum absolute atomic E-state index is 0.104. The number of nitrogens with one attached hydrogen (secondary N) is 1. The van der Waals surface area contributed by atoms with Gasteiger partial charge in [-0.1, -0.05) is 47.6 Å². The minimum Gasteiger partial charge on any atom is -0.548 e. The van der Waals surface area contributed by atoms with Crippen molar-refractivity contribution in [3.05, 3.63) is 71.5 Å². The lowest BCUT2D eigenvalue weighted by Gasteiger charge is -2.21. The molecule has 26 heavy (non-hydrogen) atoms. The Kier molecular flexibility index (Phi) is 5.26. The third kappa shape index (κ3) is 4.24. The van der Waals surface area contributed by atoms with Crippen LogP contribution in [-0.2, 0) is 20.8 Å². The number of carboxylic acid groups (broad SMARTS) is 1. The predicted octanol–water partition coefficient (Wildman–Crippen LogP) is 0.796. The fraction of sp³-hybridized carbons (Fsp3) is 0.211. The lowest BCUT2D eigenvalue weighted by Crippen LogP contribution is -2.51. The van der Waals surface area contributed by atoms with Gasteiger partial charge in [-0.15, -0.1) is 0 Å². The summed E-state index contributed by atoms with van der Waals surface area (Å²) in [5.41, 5.74) is 1.90. The Bertz CT molecular complexity index is 821. The molecule has 1 heterocycles. The Morgan fingerprint density at radius 1 is 1.19 bits per heavy atom. The summed E-state index contributed by atoms with van der Waals surface area (Å²) >= 11 is 0. The van der Waals surface area contributed by atoms with Crippen LogP contribution in [-0.4, -0.2) is 29.7 Å². The van der Waals surface area contributed by atoms with E-state index in [4.69, 9.17) is 4.84 Å². The molecule has 0 aliphatic carbocycles. The van der Waals surface area contributed by atoms with Crippen LogP contribution in [0.25, 0.3) is 0 Å². The summed E-state index contributed by atoms with van der Waals surface area (Å²) in [6, 6.07) is 13.4. The van der Waals surface area contributed by atoms with Crippen LogP contribution in [0, 0.1) is 5.82 Å². The van der Waals surface area contributed by atoms with E-state index < -0.39 is 24.0 Å². The fourth-order valence-electron chi connectivity index (χ4n) is 2.64. The van der Waals surface area contributed by atoms with Crippen molar-refractivity contribution in [2.75, 3.05) is 0 Å². The standard InChI is InChI=1S/C19H17FN2O4/c20-14-8-6-13(7-9-14)15-11-17(26-22-15)18(23)21-16(19(24)25)10-12-4-2-1-3-5-12/h1-9,16-17H,10-11H2,(H,21,23)(H,24,25)/p-1/t16-,17+/m1/s1. The highest BCUT2D eigenvalue weighted by Crippen LogP contribution is 2.17. The predicted molar refractivity (Wildman–Crippen MR) is 89.5 cm³/mol. The first-order valence-electron chi connectivity index (χ1n) is 8.06. The maximum absolute atomic E-state index is 13.0. The van der Waals surface area contributed by atoms with Gasteiger partial charge in [0.15, 0.2) is 0 Å². The van der Waals surface area contributed by atoms with Crippen LogP contribution < -0.4 is 10.4 Å². The highest BCUT2D eigenvalue weighted by molar-refractivity contribution is 6.04. The Labute approximate surface area is 149 Å². The van der Waals surface area contributed by atoms with E-state index in [-0.39, 0.29) is 18.7 Å². The number of benzene rings is 2. The number of nitrogens with zero attached hydrogens (tertiary/aromatic N) is 1. The van der Waals surface area contributed by atoms with Crippen molar-refractivity contribution >= 4 is 17.6 Å². The average Bonchev–Trinajstić information content (AvgIpc) is 3.13. The number of rotatable bonds is 6. The van der Waals surface area contributed by atoms with Crippen LogP contribution in [0.5, 0.6) is 0 Å². The summed E-state index contributed by atoms with van der Waals surface area (Å²) in [4.78, 5) is 28.8. The van der Waals surface area contributed by atoms with E-state index in [1.165, 1.54) is 24.3 Å². The summed E-state index contributed by atoms with van der Waals surface area (Å²) in [7, 11) is 0. The van der Waals surface area contributed by atoms with E-state index in [1.807, 2.05) is 6.07 Å². The topological polar surface area (TPSA) is 90.8 Å². The van der Waals surface area contributed by atoms with Gasteiger partial charge >= 0.3 is 0 Å². The third-order valence-electron chi connectivity index (χ3n) is 4.02. The van der Waals surface area contributed by atoms with Crippen LogP contribution in [0.3, 0.4) is 0 Å². The Balaban J connectivity index is 1.60. The van der Waals surface area contributed by atoms with E-state index in [2.05, 4.69) is 10.5 Å². The SMILES string of the molecule is O=C(N[C@H](Cc1ccccc1)C(=O)[O-])[C@@H]1CC(c2ccc(F)cc2)=NO1. The molecule has 0 bridgehead atoms. The molecule has 0 unspecified atom stereocenters. The maximum Gasteiger partial charge on any atom is 0.264 e. The lowest BCUT2D eigenvalue weighted by molar-refractivity contribution is -0.308. The zero-order valence-electron chi connectivity index (χ0n) is 13.7. The Morgan fingerprint density at radius 2 is 1.88 bits per heavy atom. The summed E-state index contributed by atoms with van der Waals surface area (Å²) in [6.45, 7) is 0. The Hall–Kier alpha value is -3.22. The van der Waals surface area contributed by atoms with E-state index in [0.29, 0.717) is 11.3 Å². The van der Waals surface area contributed by atoms with Gasteiger partial charge in [0.2, 0.25) is 6.10 Å². The molecule has 7 heteroatoms. The second-order valence-corrected chi connectivity index (χ2v) is 5.91. The zero-order valence-corrected chi connectivity index (χ0v) is 13.7. The van der Waals surface area contributed by atoms with E-state index in [1.54, 1.807) is 24.3 Å². The van der Waals surface area contributed by atoms with Crippen LogP contribution in [0.2, 0.25) is 0 Å². The number of halogens is 1. The molecule has 2 aromatic rings. The maximum atomic E-state index is 13.0. The molecule has 0 spiro atoms. The largest absolute Gasteiger partial charge is 0.548 e. The molecular formula is C19H16FN2O4-. The molecule has 0 fully saturated rings. The van der Waals surface area contributed by atoms with E-state index in [0.717, 1.165) is 5.56 Å². The number of carbonyl (C=O) groups is 2. The second kappa shape index (κ2) is 7.77. The van der Waals surface area contributed by atoms with Crippen LogP contribution >= 0.6 is 0 Å². The van der Waals surface area contributed by atoms with Gasteiger partial charge in [-0.25, -0.2) is 4.39 Å². The molecule has 1 N–H and O–H groups in total. The quantitative estimate of drug-likeness (QED) is 0.830. The van der Waals surface area contributed by atoms with Crippen molar-refractivity contribution in [1.82, 2.24) is 5.32 Å². The van der Waals surface area contributed by atoms with Gasteiger partial charge < -0.3 is 20.1 Å². The van der Waals surface area contributed by atoms with Crippen molar-refractivity contribution in [2.24, 2.45) is 5.16 Å². The van der Waals surface area contributed by atoms with Gasteiger partial charge in [-0.2, -0.15) is 0 Å². The number of oxime groups is 1. The lowest BCUT2D eigenvalue weighted by atomic mass is 10.0. The van der Waals surface area contributed by atoms with Crippen molar-refractivity contribution in [3.63, 3.8) is 0 Å². The highest BCUT2D eigenvalue weighted by atomic mass is 19.1. The molecular weight excluding hydrogens is 339 g/mol. The highest BCUT2D eigenvalue weighted by Gasteiger charge is 2.30. The first kappa shape index (κ1) is 17.6. The number of hydrogen-bond acceptors (Lipinski definition) is 5. The van der Waals surface area contributed by atoms with Gasteiger partial charge in [0, 0.05) is 6.42 Å². The number of hydrogen-bond donors (Lipinski definition) is 1. The van der Waals surface area contributed by atoms with Gasteiger partial charge in [0.25, 0.3) is 5.91 Å². The van der Waals surface area contributed by atoms with Crippen LogP contribution in [0.15, 0.2) is 59.8 Å². The molecule has 1 amide bonds. The first-order chi connectivity index (χ1) is 12.5. The van der Waals surface area contributed by atoms with E-state index in [9.17, 15) is 19.1 Å². The second-order valence-electron chi connectivity index (χ2n) is 5.91. The van der Waals surface area contributed by atoms with Crippen molar-refractivity contribution in [2.45, 2.75) is 25.0 Å². The van der Waals surface area contributed by atoms with E-state index >= 15 is 0 Å². The van der Waals surface area contributed by atoms with Crippen molar-refractivity contribution in [1.29, 1.82) is 0 Å². The molecule has 6 nitrogen and oxygen atoms in total. The molecule has 1 aliphatic rings. The fourth-order valence-corrected chi connectivity index (χ4v) is 2.64. The Morgan fingerprint density at radius 3 is 2.54 bits per heavy atom. The number of aliphatic carboxylic acids is 1. The van der Waals surface area contributed by atoms with Crippen molar-refractivity contribution < 1.29 is 23.9 Å². The molecule has 2 atom stereocenters. The first-order valence-corrected chi connectivity index (χ1v) is 8.06. The molecule has 2 aromatic carbocycles. The molecule has 0 radical (unpaired) electrons. The minimum atomic E-state index is -1.38. The molecule has 3 rings (SSSR count). The summed E-state index contributed by atoms with van der Waals surface area (Å²) in [6.07, 6.45) is -0.664. The summed E-state index contributed by atoms with van der Waals surface area (Å²) in [5.74, 6) is -2.34. The number of carboxylic acids is 1. The third-order valence-corrected chi connectivity index (χ3v) is 4.02. The summed E-state index contributed by atoms with van der Waals surface area (Å²) < 4.78 is 13.0. The number of amides is 1. The molecule has 0 saturated carbocycles.